The van der Waals surface area contributed by atoms with Gasteiger partial charge < -0.3 is 14.8 Å². The molecule has 96 valence electrons. The summed E-state index contributed by atoms with van der Waals surface area (Å²) in [7, 11) is 0. The van der Waals surface area contributed by atoms with E-state index in [4.69, 9.17) is 9.47 Å². The van der Waals surface area contributed by atoms with E-state index in [-0.39, 0.29) is 0 Å². The summed E-state index contributed by atoms with van der Waals surface area (Å²) < 4.78 is 10.9. The molecular weight excluding hydrogens is 218 g/mol. The van der Waals surface area contributed by atoms with Gasteiger partial charge in [-0.05, 0) is 26.8 Å². The highest BCUT2D eigenvalue weighted by Gasteiger charge is 2.03. The Labute approximate surface area is 103 Å². The molecule has 0 aliphatic carbocycles. The van der Waals surface area contributed by atoms with E-state index in [1.165, 1.54) is 0 Å². The molecule has 0 bridgehead atoms. The summed E-state index contributed by atoms with van der Waals surface area (Å²) in [5, 5.41) is 3.26. The summed E-state index contributed by atoms with van der Waals surface area (Å²) in [6.07, 6.45) is 1.13. The summed E-state index contributed by atoms with van der Waals surface area (Å²) >= 11 is 0. The summed E-state index contributed by atoms with van der Waals surface area (Å²) in [5.74, 6) is 1.79. The van der Waals surface area contributed by atoms with Crippen molar-refractivity contribution in [2.45, 2.75) is 27.2 Å². The number of nitrogens with zero attached hydrogens (tertiary/aromatic N) is 2. The third-order valence-corrected chi connectivity index (χ3v) is 2.04. The molecule has 1 rings (SSSR count). The highest BCUT2D eigenvalue weighted by molar-refractivity contribution is 5.20. The highest BCUT2D eigenvalue weighted by Crippen LogP contribution is 2.14. The van der Waals surface area contributed by atoms with Gasteiger partial charge in [-0.25, -0.2) is 0 Å². The lowest BCUT2D eigenvalue weighted by molar-refractivity contribution is 0.290. The molecule has 0 amide bonds. The quantitative estimate of drug-likeness (QED) is 0.698. The number of aromatic nitrogens is 2. The van der Waals surface area contributed by atoms with Crippen LogP contribution in [0.4, 0.5) is 0 Å². The van der Waals surface area contributed by atoms with Gasteiger partial charge in [0, 0.05) is 6.54 Å². The lowest BCUT2D eigenvalue weighted by Gasteiger charge is -2.08. The zero-order valence-corrected chi connectivity index (χ0v) is 10.8. The number of nitrogens with one attached hydrogen (secondary N) is 1. The van der Waals surface area contributed by atoms with Crippen molar-refractivity contribution < 1.29 is 9.47 Å². The van der Waals surface area contributed by atoms with Crippen LogP contribution in [0.1, 0.15) is 26.1 Å². The summed E-state index contributed by atoms with van der Waals surface area (Å²) in [4.78, 5) is 8.35. The highest BCUT2D eigenvalue weighted by atomic mass is 16.5. The molecular formula is C12H21N3O2. The minimum Gasteiger partial charge on any atom is -0.478 e. The molecule has 0 saturated heterocycles. The van der Waals surface area contributed by atoms with Crippen molar-refractivity contribution in [3.05, 3.63) is 11.9 Å². The minimum atomic E-state index is 0.566. The second-order valence-corrected chi connectivity index (χ2v) is 3.62. The lowest BCUT2D eigenvalue weighted by Crippen LogP contribution is -2.21. The van der Waals surface area contributed by atoms with E-state index in [1.54, 1.807) is 6.07 Å². The predicted molar refractivity (Wildman–Crippen MR) is 66.6 cm³/mol. The van der Waals surface area contributed by atoms with Crippen molar-refractivity contribution in [3.63, 3.8) is 0 Å². The van der Waals surface area contributed by atoms with Crippen molar-refractivity contribution in [1.29, 1.82) is 0 Å². The maximum Gasteiger partial charge on any atom is 0.220 e. The number of rotatable bonds is 8. The number of ether oxygens (including phenoxy) is 2. The van der Waals surface area contributed by atoms with Crippen LogP contribution >= 0.6 is 0 Å². The Morgan fingerprint density at radius 2 is 1.82 bits per heavy atom. The standard InChI is InChI=1S/C12H21N3O2/c1-4-6-13-7-8-17-12-9-11(16-5-2)14-10(3)15-12/h9,13H,4-8H2,1-3H3. The molecule has 0 fully saturated rings. The molecule has 1 aromatic heterocycles. The van der Waals surface area contributed by atoms with Crippen LogP contribution in [0.2, 0.25) is 0 Å². The van der Waals surface area contributed by atoms with Gasteiger partial charge in [-0.3, -0.25) is 0 Å². The van der Waals surface area contributed by atoms with E-state index in [0.717, 1.165) is 19.5 Å². The fraction of sp³-hybridized carbons (Fsp3) is 0.667. The van der Waals surface area contributed by atoms with Gasteiger partial charge >= 0.3 is 0 Å². The van der Waals surface area contributed by atoms with Crippen molar-refractivity contribution in [3.8, 4) is 11.8 Å². The van der Waals surface area contributed by atoms with Crippen LogP contribution in [-0.2, 0) is 0 Å². The molecule has 1 aromatic rings. The van der Waals surface area contributed by atoms with Crippen LogP contribution in [0.5, 0.6) is 11.8 Å². The van der Waals surface area contributed by atoms with E-state index in [2.05, 4.69) is 22.2 Å². The van der Waals surface area contributed by atoms with Crippen LogP contribution in [0, 0.1) is 6.92 Å². The van der Waals surface area contributed by atoms with Crippen LogP contribution < -0.4 is 14.8 Å². The normalized spacial score (nSPS) is 10.3. The van der Waals surface area contributed by atoms with E-state index < -0.39 is 0 Å². The van der Waals surface area contributed by atoms with Gasteiger partial charge in [0.2, 0.25) is 11.8 Å². The van der Waals surface area contributed by atoms with Crippen molar-refractivity contribution in [1.82, 2.24) is 15.3 Å². The zero-order chi connectivity index (χ0) is 12.5. The first-order valence-electron chi connectivity index (χ1n) is 6.08. The third-order valence-electron chi connectivity index (χ3n) is 2.04. The van der Waals surface area contributed by atoms with Crippen LogP contribution in [0.15, 0.2) is 6.07 Å². The molecule has 0 saturated carbocycles. The Kier molecular flexibility index (Phi) is 6.32. The maximum atomic E-state index is 5.53. The van der Waals surface area contributed by atoms with Crippen LogP contribution in [0.25, 0.3) is 0 Å². The first-order chi connectivity index (χ1) is 8.26. The Bertz CT molecular complexity index is 332. The molecule has 0 spiro atoms. The fourth-order valence-electron chi connectivity index (χ4n) is 1.34. The van der Waals surface area contributed by atoms with Gasteiger partial charge in [0.1, 0.15) is 12.4 Å². The molecule has 1 heterocycles. The smallest absolute Gasteiger partial charge is 0.220 e. The summed E-state index contributed by atoms with van der Waals surface area (Å²) in [6, 6.07) is 1.72. The van der Waals surface area contributed by atoms with Gasteiger partial charge in [-0.15, -0.1) is 0 Å². The third kappa shape index (κ3) is 5.49. The Morgan fingerprint density at radius 3 is 2.47 bits per heavy atom. The fourth-order valence-corrected chi connectivity index (χ4v) is 1.34. The first-order valence-corrected chi connectivity index (χ1v) is 6.08. The molecule has 0 unspecified atom stereocenters. The van der Waals surface area contributed by atoms with Gasteiger partial charge in [-0.1, -0.05) is 6.92 Å². The van der Waals surface area contributed by atoms with E-state index in [1.807, 2.05) is 13.8 Å². The van der Waals surface area contributed by atoms with Crippen molar-refractivity contribution >= 4 is 0 Å². The van der Waals surface area contributed by atoms with Gasteiger partial charge in [0.05, 0.1) is 12.7 Å². The molecule has 0 aliphatic heterocycles. The molecule has 0 aromatic carbocycles. The average Bonchev–Trinajstić information content (AvgIpc) is 2.28. The van der Waals surface area contributed by atoms with E-state index in [9.17, 15) is 0 Å². The Balaban J connectivity index is 2.41. The summed E-state index contributed by atoms with van der Waals surface area (Å²) in [6.45, 7) is 8.90. The molecule has 0 aliphatic rings. The van der Waals surface area contributed by atoms with E-state index in [0.29, 0.717) is 30.8 Å². The lowest BCUT2D eigenvalue weighted by atomic mass is 10.5. The van der Waals surface area contributed by atoms with Gasteiger partial charge in [0.25, 0.3) is 0 Å². The van der Waals surface area contributed by atoms with Crippen LogP contribution in [-0.4, -0.2) is 36.3 Å². The van der Waals surface area contributed by atoms with Gasteiger partial charge in [-0.2, -0.15) is 9.97 Å². The Hall–Kier alpha value is -1.36. The predicted octanol–water partition coefficient (Wildman–Crippen LogP) is 1.56. The largest absolute Gasteiger partial charge is 0.478 e. The van der Waals surface area contributed by atoms with Crippen molar-refractivity contribution in [2.75, 3.05) is 26.3 Å². The second-order valence-electron chi connectivity index (χ2n) is 3.62. The first kappa shape index (κ1) is 13.7. The monoisotopic (exact) mass is 239 g/mol. The van der Waals surface area contributed by atoms with Crippen molar-refractivity contribution in [2.24, 2.45) is 0 Å². The van der Waals surface area contributed by atoms with E-state index >= 15 is 0 Å². The SMILES string of the molecule is CCCNCCOc1cc(OCC)nc(C)n1. The number of hydrogen-bond donors (Lipinski definition) is 1. The molecule has 0 atom stereocenters. The molecule has 17 heavy (non-hydrogen) atoms. The minimum absolute atomic E-state index is 0.566. The molecule has 5 heteroatoms. The molecule has 5 nitrogen and oxygen atoms in total. The van der Waals surface area contributed by atoms with Crippen LogP contribution in [0.3, 0.4) is 0 Å². The topological polar surface area (TPSA) is 56.3 Å². The van der Waals surface area contributed by atoms with Gasteiger partial charge in [0.15, 0.2) is 0 Å². The Morgan fingerprint density at radius 1 is 1.12 bits per heavy atom. The number of hydrogen-bond acceptors (Lipinski definition) is 5. The molecule has 0 radical (unpaired) electrons. The maximum absolute atomic E-state index is 5.53. The summed E-state index contributed by atoms with van der Waals surface area (Å²) in [5.41, 5.74) is 0. The zero-order valence-electron chi connectivity index (χ0n) is 10.8. The average molecular weight is 239 g/mol. The number of aryl methyl sites for hydroxylation is 1. The molecule has 1 N–H and O–H groups in total. The second kappa shape index (κ2) is 7.84.